The third-order valence-corrected chi connectivity index (χ3v) is 2.08. The minimum atomic E-state index is 0.217. The number of hydrogen-bond acceptors (Lipinski definition) is 2. The lowest BCUT2D eigenvalue weighted by Crippen LogP contribution is -2.35. The first-order valence-electron chi connectivity index (χ1n) is 5.01. The van der Waals surface area contributed by atoms with E-state index in [4.69, 9.17) is 5.73 Å². The molecule has 0 bridgehead atoms. The molecule has 0 spiro atoms. The Morgan fingerprint density at radius 3 is 2.80 bits per heavy atom. The summed E-state index contributed by atoms with van der Waals surface area (Å²) >= 11 is 0. The van der Waals surface area contributed by atoms with E-state index in [9.17, 15) is 0 Å². The lowest BCUT2D eigenvalue weighted by Gasteiger charge is -2.18. The van der Waals surface area contributed by atoms with Crippen molar-refractivity contribution in [3.63, 3.8) is 0 Å². The zero-order chi connectivity index (χ0) is 11.4. The summed E-state index contributed by atoms with van der Waals surface area (Å²) in [5.74, 6) is 1.52. The van der Waals surface area contributed by atoms with Gasteiger partial charge in [0.1, 0.15) is 5.82 Å². The van der Waals surface area contributed by atoms with E-state index in [1.807, 2.05) is 43.6 Å². The summed E-state index contributed by atoms with van der Waals surface area (Å²) in [6, 6.07) is 0.217. The van der Waals surface area contributed by atoms with Crippen LogP contribution in [0.1, 0.15) is 19.7 Å². The quantitative estimate of drug-likeness (QED) is 0.585. The van der Waals surface area contributed by atoms with Crippen LogP contribution in [0.3, 0.4) is 0 Å². The predicted molar refractivity (Wildman–Crippen MR) is 61.4 cm³/mol. The Balaban J connectivity index is 2.63. The average molecular weight is 209 g/mol. The van der Waals surface area contributed by atoms with Gasteiger partial charge in [0.25, 0.3) is 0 Å². The van der Waals surface area contributed by atoms with Crippen molar-refractivity contribution in [1.82, 2.24) is 14.5 Å². The molecule has 0 radical (unpaired) electrons. The highest BCUT2D eigenvalue weighted by Gasteiger charge is 2.06. The minimum absolute atomic E-state index is 0.217. The van der Waals surface area contributed by atoms with Crippen molar-refractivity contribution < 1.29 is 0 Å². The van der Waals surface area contributed by atoms with E-state index < -0.39 is 0 Å². The number of nitrogens with zero attached hydrogens (tertiary/aromatic N) is 4. The van der Waals surface area contributed by atoms with Crippen LogP contribution in [-0.2, 0) is 13.6 Å². The van der Waals surface area contributed by atoms with E-state index in [1.54, 1.807) is 6.20 Å². The van der Waals surface area contributed by atoms with Gasteiger partial charge in [0, 0.05) is 32.5 Å². The Hall–Kier alpha value is -1.52. The fourth-order valence-corrected chi connectivity index (χ4v) is 1.21. The highest BCUT2D eigenvalue weighted by atomic mass is 15.3. The maximum Gasteiger partial charge on any atom is 0.191 e. The molecule has 1 aromatic rings. The Labute approximate surface area is 90.6 Å². The molecule has 0 amide bonds. The molecule has 0 saturated carbocycles. The van der Waals surface area contributed by atoms with Gasteiger partial charge in [0.05, 0.1) is 6.54 Å². The Morgan fingerprint density at radius 2 is 2.33 bits per heavy atom. The molecule has 1 heterocycles. The largest absolute Gasteiger partial charge is 0.370 e. The molecule has 0 aromatic carbocycles. The van der Waals surface area contributed by atoms with Crippen LogP contribution in [-0.4, -0.2) is 33.5 Å². The number of imidazole rings is 1. The third kappa shape index (κ3) is 3.27. The summed E-state index contributed by atoms with van der Waals surface area (Å²) in [6.45, 7) is 4.68. The fraction of sp³-hybridized carbons (Fsp3) is 0.600. The molecule has 5 heteroatoms. The van der Waals surface area contributed by atoms with Crippen molar-refractivity contribution >= 4 is 5.96 Å². The first-order valence-corrected chi connectivity index (χ1v) is 5.01. The van der Waals surface area contributed by atoms with Crippen LogP contribution >= 0.6 is 0 Å². The molecule has 0 atom stereocenters. The fourth-order valence-electron chi connectivity index (χ4n) is 1.21. The molecule has 15 heavy (non-hydrogen) atoms. The highest BCUT2D eigenvalue weighted by molar-refractivity contribution is 5.77. The molecule has 0 aliphatic rings. The van der Waals surface area contributed by atoms with Gasteiger partial charge >= 0.3 is 0 Å². The lowest BCUT2D eigenvalue weighted by molar-refractivity contribution is 0.464. The summed E-state index contributed by atoms with van der Waals surface area (Å²) in [5, 5.41) is 0. The van der Waals surface area contributed by atoms with Crippen LogP contribution in [0, 0.1) is 0 Å². The summed E-state index contributed by atoms with van der Waals surface area (Å²) in [7, 11) is 3.88. The van der Waals surface area contributed by atoms with Crippen LogP contribution in [0.15, 0.2) is 17.4 Å². The second-order valence-electron chi connectivity index (χ2n) is 3.89. The molecule has 0 fully saturated rings. The van der Waals surface area contributed by atoms with Gasteiger partial charge in [0.15, 0.2) is 5.96 Å². The van der Waals surface area contributed by atoms with Crippen molar-refractivity contribution in [3.05, 3.63) is 18.2 Å². The highest BCUT2D eigenvalue weighted by Crippen LogP contribution is 1.99. The Morgan fingerprint density at radius 1 is 1.67 bits per heavy atom. The van der Waals surface area contributed by atoms with Gasteiger partial charge in [-0.05, 0) is 13.8 Å². The van der Waals surface area contributed by atoms with E-state index in [-0.39, 0.29) is 6.04 Å². The topological polar surface area (TPSA) is 59.4 Å². The van der Waals surface area contributed by atoms with E-state index in [0.29, 0.717) is 12.5 Å². The van der Waals surface area contributed by atoms with Crippen LogP contribution in [0.5, 0.6) is 0 Å². The van der Waals surface area contributed by atoms with E-state index >= 15 is 0 Å². The molecule has 0 aliphatic heterocycles. The van der Waals surface area contributed by atoms with Gasteiger partial charge < -0.3 is 15.2 Å². The lowest BCUT2D eigenvalue weighted by atomic mass is 10.4. The zero-order valence-corrected chi connectivity index (χ0v) is 9.81. The summed E-state index contributed by atoms with van der Waals surface area (Å²) < 4.78 is 1.97. The summed E-state index contributed by atoms with van der Waals surface area (Å²) in [4.78, 5) is 10.4. The number of guanidine groups is 1. The normalized spacial score (nSPS) is 12.2. The molecular formula is C10H19N5. The van der Waals surface area contributed by atoms with Crippen molar-refractivity contribution in [2.24, 2.45) is 17.8 Å². The molecule has 1 aromatic heterocycles. The van der Waals surface area contributed by atoms with Gasteiger partial charge in [-0.15, -0.1) is 0 Å². The van der Waals surface area contributed by atoms with Crippen molar-refractivity contribution in [1.29, 1.82) is 0 Å². The van der Waals surface area contributed by atoms with Crippen molar-refractivity contribution in [3.8, 4) is 0 Å². The predicted octanol–water partition coefficient (Wildman–Crippen LogP) is 0.575. The van der Waals surface area contributed by atoms with Gasteiger partial charge in [-0.3, -0.25) is 4.99 Å². The summed E-state index contributed by atoms with van der Waals surface area (Å²) in [6.07, 6.45) is 3.69. The number of nitrogens with two attached hydrogens (primary N) is 1. The number of aryl methyl sites for hydroxylation is 1. The second-order valence-corrected chi connectivity index (χ2v) is 3.89. The Kier molecular flexibility index (Phi) is 3.71. The van der Waals surface area contributed by atoms with Crippen LogP contribution in [0.2, 0.25) is 0 Å². The SMILES string of the molecule is CC(C)N=C(N)N(C)Cc1nccn1C. The monoisotopic (exact) mass is 209 g/mol. The Bertz CT molecular complexity index is 339. The smallest absolute Gasteiger partial charge is 0.191 e. The van der Waals surface area contributed by atoms with E-state index in [1.165, 1.54) is 0 Å². The molecule has 0 unspecified atom stereocenters. The van der Waals surface area contributed by atoms with E-state index in [2.05, 4.69) is 9.98 Å². The second kappa shape index (κ2) is 4.82. The van der Waals surface area contributed by atoms with E-state index in [0.717, 1.165) is 5.82 Å². The average Bonchev–Trinajstić information content (AvgIpc) is 2.50. The van der Waals surface area contributed by atoms with Crippen molar-refractivity contribution in [2.75, 3.05) is 7.05 Å². The number of aliphatic imine (C=N–C) groups is 1. The van der Waals surface area contributed by atoms with Gasteiger partial charge in [-0.25, -0.2) is 4.98 Å². The van der Waals surface area contributed by atoms with Crippen molar-refractivity contribution in [2.45, 2.75) is 26.4 Å². The molecule has 0 saturated heterocycles. The van der Waals surface area contributed by atoms with Gasteiger partial charge in [0.2, 0.25) is 0 Å². The molecular weight excluding hydrogens is 190 g/mol. The van der Waals surface area contributed by atoms with Crippen LogP contribution in [0.4, 0.5) is 0 Å². The number of rotatable bonds is 3. The maximum absolute atomic E-state index is 5.82. The van der Waals surface area contributed by atoms with Crippen LogP contribution in [0.25, 0.3) is 0 Å². The first kappa shape index (κ1) is 11.6. The molecule has 0 aliphatic carbocycles. The first-order chi connectivity index (χ1) is 7.00. The molecule has 1 rings (SSSR count). The standard InChI is InChI=1S/C10H19N5/c1-8(2)13-10(11)15(4)7-9-12-5-6-14(9)3/h5-6,8H,7H2,1-4H3,(H2,11,13). The zero-order valence-electron chi connectivity index (χ0n) is 9.81. The molecule has 5 nitrogen and oxygen atoms in total. The van der Waals surface area contributed by atoms with Crippen LogP contribution < -0.4 is 5.73 Å². The number of aromatic nitrogens is 2. The van der Waals surface area contributed by atoms with Gasteiger partial charge in [-0.2, -0.15) is 0 Å². The minimum Gasteiger partial charge on any atom is -0.370 e. The molecule has 84 valence electrons. The molecule has 2 N–H and O–H groups in total. The number of hydrogen-bond donors (Lipinski definition) is 1. The maximum atomic E-state index is 5.82. The van der Waals surface area contributed by atoms with Gasteiger partial charge in [-0.1, -0.05) is 0 Å². The third-order valence-electron chi connectivity index (χ3n) is 2.08. The summed E-state index contributed by atoms with van der Waals surface area (Å²) in [5.41, 5.74) is 5.82.